The van der Waals surface area contributed by atoms with Crippen LogP contribution in [0, 0.1) is 6.92 Å². The van der Waals surface area contributed by atoms with E-state index in [1.807, 2.05) is 0 Å². The maximum absolute atomic E-state index is 12.5. The number of alkyl halides is 3. The second-order valence-corrected chi connectivity index (χ2v) is 7.29. The number of nitrogens with zero attached hydrogens (tertiary/aromatic N) is 4. The Morgan fingerprint density at radius 2 is 2.18 bits per heavy atom. The van der Waals surface area contributed by atoms with E-state index in [0.717, 1.165) is 17.0 Å². The lowest BCUT2D eigenvalue weighted by Crippen LogP contribution is -2.32. The summed E-state index contributed by atoms with van der Waals surface area (Å²) in [5.74, 6) is -0.315. The lowest BCUT2D eigenvalue weighted by Gasteiger charge is -2.17. The molecule has 3 amide bonds. The van der Waals surface area contributed by atoms with Gasteiger partial charge in [0.15, 0.2) is 5.13 Å². The van der Waals surface area contributed by atoms with E-state index in [0.29, 0.717) is 28.8 Å². The molecule has 0 unspecified atom stereocenters. The average molecular weight is 416 g/mol. The Labute approximate surface area is 162 Å². The van der Waals surface area contributed by atoms with E-state index < -0.39 is 12.6 Å². The van der Waals surface area contributed by atoms with Crippen LogP contribution in [0.1, 0.15) is 33.9 Å². The molecule has 12 heteroatoms. The molecule has 0 spiro atoms. The minimum Gasteiger partial charge on any atom is -0.346 e. The number of aryl methyl sites for hydroxylation is 1. The molecular formula is C16H19F3N6O2S. The van der Waals surface area contributed by atoms with E-state index >= 15 is 0 Å². The quantitative estimate of drug-likeness (QED) is 0.726. The number of nitrogens with one attached hydrogen (secondary N) is 2. The second kappa shape index (κ2) is 8.17. The van der Waals surface area contributed by atoms with Crippen LogP contribution >= 0.6 is 11.3 Å². The second-order valence-electron chi connectivity index (χ2n) is 6.32. The summed E-state index contributed by atoms with van der Waals surface area (Å²) >= 11 is 1.09. The molecule has 28 heavy (non-hydrogen) atoms. The molecule has 1 fully saturated rings. The molecule has 3 heterocycles. The molecule has 2 N–H and O–H groups in total. The van der Waals surface area contributed by atoms with Gasteiger partial charge < -0.3 is 10.2 Å². The van der Waals surface area contributed by atoms with Crippen molar-refractivity contribution in [3.8, 4) is 0 Å². The molecule has 0 bridgehead atoms. The van der Waals surface area contributed by atoms with Crippen molar-refractivity contribution in [1.29, 1.82) is 0 Å². The molecule has 2 aromatic heterocycles. The molecule has 1 saturated heterocycles. The summed E-state index contributed by atoms with van der Waals surface area (Å²) in [6, 6.07) is 1.35. The molecule has 152 valence electrons. The number of H-pyrrole nitrogens is 1. The first-order valence-corrected chi connectivity index (χ1v) is 9.43. The Morgan fingerprint density at radius 3 is 2.86 bits per heavy atom. The molecule has 1 aliphatic heterocycles. The van der Waals surface area contributed by atoms with Gasteiger partial charge in [-0.25, -0.2) is 9.78 Å². The van der Waals surface area contributed by atoms with Crippen molar-refractivity contribution in [3.05, 3.63) is 28.5 Å². The number of hydrogen-bond donors (Lipinski definition) is 2. The van der Waals surface area contributed by atoms with Gasteiger partial charge in [0, 0.05) is 32.3 Å². The van der Waals surface area contributed by atoms with Gasteiger partial charge in [-0.3, -0.25) is 14.8 Å². The fourth-order valence-corrected chi connectivity index (χ4v) is 3.79. The summed E-state index contributed by atoms with van der Waals surface area (Å²) in [6.45, 7) is 2.65. The Kier molecular flexibility index (Phi) is 5.87. The maximum atomic E-state index is 12.5. The van der Waals surface area contributed by atoms with E-state index in [2.05, 4.69) is 20.5 Å². The van der Waals surface area contributed by atoms with Crippen LogP contribution in [0.3, 0.4) is 0 Å². The molecule has 0 aromatic carbocycles. The number of aromatic amines is 1. The van der Waals surface area contributed by atoms with E-state index in [1.165, 1.54) is 9.80 Å². The summed E-state index contributed by atoms with van der Waals surface area (Å²) < 4.78 is 36.8. The smallest absolute Gasteiger partial charge is 0.346 e. The Bertz CT molecular complexity index is 836. The minimum absolute atomic E-state index is 0.0384. The third kappa shape index (κ3) is 4.80. The summed E-state index contributed by atoms with van der Waals surface area (Å²) in [7, 11) is 0. The van der Waals surface area contributed by atoms with Crippen molar-refractivity contribution in [2.24, 2.45) is 0 Å². The number of anilines is 1. The number of carbonyl (C=O) groups excluding carboxylic acids is 2. The van der Waals surface area contributed by atoms with Crippen molar-refractivity contribution in [1.82, 2.24) is 25.4 Å². The number of rotatable bonds is 7. The third-order valence-corrected chi connectivity index (χ3v) is 5.38. The van der Waals surface area contributed by atoms with Gasteiger partial charge in [0.05, 0.1) is 17.9 Å². The molecule has 1 aliphatic rings. The van der Waals surface area contributed by atoms with Crippen LogP contribution in [0.2, 0.25) is 0 Å². The normalized spacial score (nSPS) is 14.8. The van der Waals surface area contributed by atoms with Gasteiger partial charge in [-0.15, -0.1) is 0 Å². The molecular weight excluding hydrogens is 397 g/mol. The first-order chi connectivity index (χ1) is 13.2. The summed E-state index contributed by atoms with van der Waals surface area (Å²) in [5, 5.41) is 9.66. The fraction of sp³-hybridized carbons (Fsp3) is 0.500. The van der Waals surface area contributed by atoms with Crippen molar-refractivity contribution >= 4 is 28.4 Å². The highest BCUT2D eigenvalue weighted by Crippen LogP contribution is 2.29. The third-order valence-electron chi connectivity index (χ3n) is 4.20. The van der Waals surface area contributed by atoms with Gasteiger partial charge >= 0.3 is 12.2 Å². The largest absolute Gasteiger partial charge is 0.389 e. The fourth-order valence-electron chi connectivity index (χ4n) is 2.79. The summed E-state index contributed by atoms with van der Waals surface area (Å²) in [6.07, 6.45) is -3.71. The summed E-state index contributed by atoms with van der Waals surface area (Å²) in [5.41, 5.74) is 1.24. The number of carbonyl (C=O) groups is 2. The number of amides is 3. The van der Waals surface area contributed by atoms with E-state index in [9.17, 15) is 22.8 Å². The lowest BCUT2D eigenvalue weighted by atomic mass is 10.3. The van der Waals surface area contributed by atoms with E-state index in [4.69, 9.17) is 0 Å². The van der Waals surface area contributed by atoms with Gasteiger partial charge in [0.1, 0.15) is 4.88 Å². The van der Waals surface area contributed by atoms with Gasteiger partial charge in [0.25, 0.3) is 5.91 Å². The van der Waals surface area contributed by atoms with Crippen molar-refractivity contribution in [2.45, 2.75) is 32.5 Å². The van der Waals surface area contributed by atoms with Crippen LogP contribution in [0.4, 0.5) is 23.1 Å². The molecule has 0 radical (unpaired) electrons. The average Bonchev–Trinajstić information content (AvgIpc) is 3.33. The van der Waals surface area contributed by atoms with Crippen LogP contribution in [-0.2, 0) is 6.54 Å². The highest BCUT2D eigenvalue weighted by molar-refractivity contribution is 7.17. The maximum Gasteiger partial charge on any atom is 0.389 e. The van der Waals surface area contributed by atoms with Crippen molar-refractivity contribution in [2.75, 3.05) is 24.5 Å². The lowest BCUT2D eigenvalue weighted by molar-refractivity contribution is -0.135. The predicted molar refractivity (Wildman–Crippen MR) is 96.2 cm³/mol. The van der Waals surface area contributed by atoms with Gasteiger partial charge in [-0.05, 0) is 19.4 Å². The first-order valence-electron chi connectivity index (χ1n) is 8.61. The molecule has 2 aromatic rings. The number of thiazole rings is 1. The molecule has 8 nitrogen and oxygen atoms in total. The van der Waals surface area contributed by atoms with Crippen molar-refractivity contribution < 1.29 is 22.8 Å². The number of hydrogen-bond acceptors (Lipinski definition) is 5. The van der Waals surface area contributed by atoms with Gasteiger partial charge in [0.2, 0.25) is 0 Å². The zero-order chi connectivity index (χ0) is 20.3. The number of halogens is 3. The monoisotopic (exact) mass is 416 g/mol. The Balaban J connectivity index is 1.59. The van der Waals surface area contributed by atoms with E-state index in [-0.39, 0.29) is 31.4 Å². The van der Waals surface area contributed by atoms with Crippen LogP contribution in [0.5, 0.6) is 0 Å². The van der Waals surface area contributed by atoms with Gasteiger partial charge in [-0.2, -0.15) is 18.3 Å². The predicted octanol–water partition coefficient (Wildman–Crippen LogP) is 2.69. The molecule has 0 saturated carbocycles. The molecule has 0 aliphatic carbocycles. The SMILES string of the molecule is Cc1nc(N2CCN(CCCC(F)(F)F)C2=O)sc1C(=O)NCc1ccn[nH]1. The van der Waals surface area contributed by atoms with Crippen molar-refractivity contribution in [3.63, 3.8) is 0 Å². The Hall–Kier alpha value is -2.63. The zero-order valence-electron chi connectivity index (χ0n) is 15.0. The highest BCUT2D eigenvalue weighted by Gasteiger charge is 2.33. The zero-order valence-corrected chi connectivity index (χ0v) is 15.9. The molecule has 3 rings (SSSR count). The van der Waals surface area contributed by atoms with Crippen LogP contribution in [0.15, 0.2) is 12.3 Å². The van der Waals surface area contributed by atoms with Crippen LogP contribution in [-0.4, -0.2) is 57.8 Å². The standard InChI is InChI=1S/C16H19F3N6O2S/c1-10-12(13(26)20-9-11-3-5-21-23-11)28-14(22-10)25-8-7-24(15(25)27)6-2-4-16(17,18)19/h3,5H,2,4,6-9H2,1H3,(H,20,26)(H,21,23). The topological polar surface area (TPSA) is 94.2 Å². The van der Waals surface area contributed by atoms with Crippen LogP contribution < -0.4 is 10.2 Å². The Morgan fingerprint density at radius 1 is 1.39 bits per heavy atom. The number of aromatic nitrogens is 3. The minimum atomic E-state index is -4.23. The highest BCUT2D eigenvalue weighted by atomic mass is 32.1. The number of urea groups is 1. The van der Waals surface area contributed by atoms with Gasteiger partial charge in [-0.1, -0.05) is 11.3 Å². The molecule has 0 atom stereocenters. The summed E-state index contributed by atoms with van der Waals surface area (Å²) in [4.78, 5) is 32.3. The first kappa shape index (κ1) is 20.1. The van der Waals surface area contributed by atoms with E-state index in [1.54, 1.807) is 19.2 Å². The van der Waals surface area contributed by atoms with Crippen LogP contribution in [0.25, 0.3) is 0 Å².